The van der Waals surface area contributed by atoms with E-state index in [1.807, 2.05) is 0 Å². The van der Waals surface area contributed by atoms with Crippen molar-refractivity contribution in [3.63, 3.8) is 0 Å². The fourth-order valence-electron chi connectivity index (χ4n) is 3.76. The minimum Gasteiger partial charge on any atom is -0.394 e. The van der Waals surface area contributed by atoms with Crippen molar-refractivity contribution in [1.82, 2.24) is 5.32 Å². The Hall–Kier alpha value is -2.43. The first-order chi connectivity index (χ1) is 14.6. The number of aliphatic hydroxyl groups is 4. The molecule has 9 heteroatoms. The summed E-state index contributed by atoms with van der Waals surface area (Å²) in [5.74, 6) is -4.00. The smallest absolute Gasteiger partial charge is 0.301 e. The van der Waals surface area contributed by atoms with Gasteiger partial charge in [-0.2, -0.15) is 8.78 Å². The largest absolute Gasteiger partial charge is 0.394 e. The average molecular weight is 437 g/mol. The van der Waals surface area contributed by atoms with Crippen LogP contribution in [0.3, 0.4) is 0 Å². The van der Waals surface area contributed by atoms with E-state index in [4.69, 9.17) is 4.74 Å². The van der Waals surface area contributed by atoms with Crippen molar-refractivity contribution in [3.05, 3.63) is 59.2 Å². The summed E-state index contributed by atoms with van der Waals surface area (Å²) < 4.78 is 35.7. The number of amides is 1. The van der Waals surface area contributed by atoms with E-state index in [0.717, 1.165) is 0 Å². The highest BCUT2D eigenvalue weighted by Crippen LogP contribution is 2.41. The lowest BCUT2D eigenvalue weighted by Crippen LogP contribution is -2.62. The predicted octanol–water partition coefficient (Wildman–Crippen LogP) is 0.956. The van der Waals surface area contributed by atoms with Crippen LogP contribution in [0.15, 0.2) is 42.5 Å². The quantitative estimate of drug-likeness (QED) is 0.475. The van der Waals surface area contributed by atoms with Gasteiger partial charge in [0.05, 0.1) is 6.61 Å². The maximum Gasteiger partial charge on any atom is 0.301 e. The molecule has 1 aliphatic heterocycles. The zero-order valence-corrected chi connectivity index (χ0v) is 17.0. The Morgan fingerprint density at radius 3 is 2.35 bits per heavy atom. The van der Waals surface area contributed by atoms with Crippen LogP contribution in [0.2, 0.25) is 0 Å². The van der Waals surface area contributed by atoms with Crippen molar-refractivity contribution in [1.29, 1.82) is 0 Å². The molecular weight excluding hydrogens is 412 g/mol. The zero-order valence-electron chi connectivity index (χ0n) is 17.0. The van der Waals surface area contributed by atoms with Gasteiger partial charge in [-0.15, -0.1) is 0 Å². The summed E-state index contributed by atoms with van der Waals surface area (Å²) in [4.78, 5) is 11.9. The molecule has 5 atom stereocenters. The summed E-state index contributed by atoms with van der Waals surface area (Å²) in [5, 5.41) is 41.6. The molecule has 3 unspecified atom stereocenters. The van der Waals surface area contributed by atoms with E-state index < -0.39 is 48.6 Å². The molecule has 2 aromatic rings. The Bertz CT molecular complexity index is 951. The number of aliphatic hydroxyl groups excluding tert-OH is 4. The summed E-state index contributed by atoms with van der Waals surface area (Å²) >= 11 is 0. The van der Waals surface area contributed by atoms with Crippen LogP contribution in [0.4, 0.5) is 8.78 Å². The van der Waals surface area contributed by atoms with Gasteiger partial charge in [0, 0.05) is 18.2 Å². The molecule has 7 nitrogen and oxygen atoms in total. The van der Waals surface area contributed by atoms with E-state index in [1.165, 1.54) is 32.2 Å². The van der Waals surface area contributed by atoms with Crippen LogP contribution in [-0.4, -0.2) is 70.5 Å². The SMILES string of the molecule is CNC(=O)c1cccc(-c2ccc(C(F)(F)[C@H]3OC(CO)[C@@H](O)C(O)C3O)c(C)c2)c1. The summed E-state index contributed by atoms with van der Waals surface area (Å²) in [5.41, 5.74) is 1.46. The summed E-state index contributed by atoms with van der Waals surface area (Å²) in [6.45, 7) is 0.677. The second kappa shape index (κ2) is 8.97. The Kier molecular flexibility index (Phi) is 6.73. The number of nitrogens with one attached hydrogen (secondary N) is 1. The number of aryl methyl sites for hydroxylation is 1. The molecule has 5 N–H and O–H groups in total. The number of carbonyl (C=O) groups excluding carboxylic acids is 1. The van der Waals surface area contributed by atoms with Crippen molar-refractivity contribution >= 4 is 5.91 Å². The number of halogens is 2. The number of hydrogen-bond acceptors (Lipinski definition) is 6. The average Bonchev–Trinajstić information content (AvgIpc) is 2.76. The molecule has 0 aromatic heterocycles. The minimum absolute atomic E-state index is 0.199. The van der Waals surface area contributed by atoms with Crippen molar-refractivity contribution in [2.45, 2.75) is 43.4 Å². The first-order valence-electron chi connectivity index (χ1n) is 9.73. The van der Waals surface area contributed by atoms with Gasteiger partial charge >= 0.3 is 5.92 Å². The van der Waals surface area contributed by atoms with E-state index in [0.29, 0.717) is 16.7 Å². The van der Waals surface area contributed by atoms with Crippen molar-refractivity contribution in [2.24, 2.45) is 0 Å². The molecule has 168 valence electrons. The number of hydrogen-bond donors (Lipinski definition) is 5. The van der Waals surface area contributed by atoms with E-state index >= 15 is 8.78 Å². The lowest BCUT2D eigenvalue weighted by Gasteiger charge is -2.43. The predicted molar refractivity (Wildman–Crippen MR) is 108 cm³/mol. The van der Waals surface area contributed by atoms with Crippen LogP contribution in [-0.2, 0) is 10.7 Å². The molecule has 0 aliphatic carbocycles. The Morgan fingerprint density at radius 2 is 1.74 bits per heavy atom. The number of ether oxygens (including phenoxy) is 1. The Labute approximate surface area is 177 Å². The van der Waals surface area contributed by atoms with E-state index in [-0.39, 0.29) is 11.5 Å². The van der Waals surface area contributed by atoms with E-state index in [2.05, 4.69) is 5.32 Å². The Morgan fingerprint density at radius 1 is 1.06 bits per heavy atom. The molecule has 0 saturated carbocycles. The second-order valence-electron chi connectivity index (χ2n) is 7.56. The van der Waals surface area contributed by atoms with Crippen LogP contribution >= 0.6 is 0 Å². The first kappa shape index (κ1) is 23.2. The van der Waals surface area contributed by atoms with Crippen LogP contribution in [0.1, 0.15) is 21.5 Å². The molecule has 2 aromatic carbocycles. The number of benzene rings is 2. The van der Waals surface area contributed by atoms with E-state index in [1.54, 1.807) is 24.3 Å². The van der Waals surface area contributed by atoms with Crippen LogP contribution in [0, 0.1) is 6.92 Å². The lowest BCUT2D eigenvalue weighted by molar-refractivity contribution is -0.284. The van der Waals surface area contributed by atoms with Crippen LogP contribution < -0.4 is 5.32 Å². The Balaban J connectivity index is 1.94. The van der Waals surface area contributed by atoms with Gasteiger partial charge in [-0.1, -0.05) is 30.3 Å². The fourth-order valence-corrected chi connectivity index (χ4v) is 3.76. The van der Waals surface area contributed by atoms with E-state index in [9.17, 15) is 25.2 Å². The molecule has 1 amide bonds. The first-order valence-corrected chi connectivity index (χ1v) is 9.73. The third-order valence-corrected chi connectivity index (χ3v) is 5.52. The van der Waals surface area contributed by atoms with Gasteiger partial charge in [0.25, 0.3) is 5.91 Å². The summed E-state index contributed by atoms with van der Waals surface area (Å²) in [6.07, 6.45) is -9.27. The molecular formula is C22H25F2NO6. The molecule has 1 fully saturated rings. The highest BCUT2D eigenvalue weighted by atomic mass is 19.3. The van der Waals surface area contributed by atoms with Crippen molar-refractivity contribution in [2.75, 3.05) is 13.7 Å². The minimum atomic E-state index is -3.72. The maximum atomic E-state index is 15.3. The van der Waals surface area contributed by atoms with Gasteiger partial charge in [-0.05, 0) is 35.7 Å². The van der Waals surface area contributed by atoms with Crippen molar-refractivity contribution in [3.8, 4) is 11.1 Å². The highest BCUT2D eigenvalue weighted by Gasteiger charge is 2.55. The number of rotatable bonds is 5. The van der Waals surface area contributed by atoms with Crippen LogP contribution in [0.25, 0.3) is 11.1 Å². The van der Waals surface area contributed by atoms with Gasteiger partial charge in [0.15, 0.2) is 6.10 Å². The molecule has 31 heavy (non-hydrogen) atoms. The molecule has 1 saturated heterocycles. The maximum absolute atomic E-state index is 15.3. The topological polar surface area (TPSA) is 119 Å². The number of carbonyl (C=O) groups is 1. The third-order valence-electron chi connectivity index (χ3n) is 5.52. The molecule has 0 spiro atoms. The standard InChI is InChI=1S/C22H25F2NO6/c1-11-8-13(12-4-3-5-14(9-12)21(30)25-2)6-7-15(11)22(23,24)20-19(29)18(28)17(27)16(10-26)31-20/h3-9,16-20,26-29H,10H2,1-2H3,(H,25,30)/t16?,17-,18?,19?,20+/m1/s1. The monoisotopic (exact) mass is 437 g/mol. The molecule has 1 heterocycles. The highest BCUT2D eigenvalue weighted by molar-refractivity contribution is 5.95. The summed E-state index contributed by atoms with van der Waals surface area (Å²) in [7, 11) is 1.51. The fraction of sp³-hybridized carbons (Fsp3) is 0.409. The molecule has 3 rings (SSSR count). The third kappa shape index (κ3) is 4.32. The van der Waals surface area contributed by atoms with Crippen molar-refractivity contribution < 1.29 is 38.7 Å². The normalized spacial score (nSPS) is 26.5. The van der Waals surface area contributed by atoms with Crippen LogP contribution in [0.5, 0.6) is 0 Å². The summed E-state index contributed by atoms with van der Waals surface area (Å²) in [6, 6.07) is 10.9. The van der Waals surface area contributed by atoms with Gasteiger partial charge in [-0.25, -0.2) is 0 Å². The lowest BCUT2D eigenvalue weighted by atomic mass is 9.87. The number of alkyl halides is 2. The zero-order chi connectivity index (χ0) is 22.9. The molecule has 0 bridgehead atoms. The van der Waals surface area contributed by atoms with Gasteiger partial charge in [-0.3, -0.25) is 4.79 Å². The molecule has 1 aliphatic rings. The van der Waals surface area contributed by atoms with Gasteiger partial charge in [0.1, 0.15) is 24.4 Å². The molecule has 0 radical (unpaired) electrons. The van der Waals surface area contributed by atoms with Gasteiger partial charge < -0.3 is 30.5 Å². The second-order valence-corrected chi connectivity index (χ2v) is 7.56. The van der Waals surface area contributed by atoms with Gasteiger partial charge in [0.2, 0.25) is 0 Å².